The first-order valence-electron chi connectivity index (χ1n) is 13.6. The number of aromatic nitrogens is 3. The molecule has 1 aromatic heterocycles. The third kappa shape index (κ3) is 3.29. The summed E-state index contributed by atoms with van der Waals surface area (Å²) in [7, 11) is 0. The maximum atomic E-state index is 5.00. The Morgan fingerprint density at radius 1 is 0.625 bits per heavy atom. The molecule has 4 nitrogen and oxygen atoms in total. The molecule has 0 fully saturated rings. The Hall–Kier alpha value is -5.09. The SMILES string of the molecule is CC1(C)c2ccccc2-c2cc3c4c(cccc4c21)N(c1nc(-c2ccccc2)nc(-c2ccccc2)n1)C=C3. The number of anilines is 2. The topological polar surface area (TPSA) is 41.9 Å². The van der Waals surface area contributed by atoms with Gasteiger partial charge in [-0.2, -0.15) is 9.97 Å². The second-order valence-electron chi connectivity index (χ2n) is 11.0. The van der Waals surface area contributed by atoms with Crippen molar-refractivity contribution in [3.63, 3.8) is 0 Å². The summed E-state index contributed by atoms with van der Waals surface area (Å²) in [5.41, 5.74) is 9.55. The summed E-state index contributed by atoms with van der Waals surface area (Å²) in [6.45, 7) is 4.68. The van der Waals surface area contributed by atoms with Gasteiger partial charge >= 0.3 is 0 Å². The lowest BCUT2D eigenvalue weighted by Gasteiger charge is -2.28. The van der Waals surface area contributed by atoms with Crippen molar-refractivity contribution in [2.75, 3.05) is 4.90 Å². The number of nitrogens with zero attached hydrogens (tertiary/aromatic N) is 4. The van der Waals surface area contributed by atoms with Gasteiger partial charge < -0.3 is 0 Å². The van der Waals surface area contributed by atoms with E-state index >= 15 is 0 Å². The van der Waals surface area contributed by atoms with Crippen molar-refractivity contribution in [1.29, 1.82) is 0 Å². The first-order valence-corrected chi connectivity index (χ1v) is 13.6. The van der Waals surface area contributed by atoms with Crippen LogP contribution in [0.3, 0.4) is 0 Å². The van der Waals surface area contributed by atoms with Crippen LogP contribution in [0.2, 0.25) is 0 Å². The molecule has 0 atom stereocenters. The second kappa shape index (κ2) is 8.45. The molecule has 2 aliphatic rings. The highest BCUT2D eigenvalue weighted by Gasteiger charge is 2.38. The molecular weight excluding hydrogens is 488 g/mol. The Kier molecular flexibility index (Phi) is 4.83. The van der Waals surface area contributed by atoms with Crippen molar-refractivity contribution in [3.8, 4) is 33.9 Å². The summed E-state index contributed by atoms with van der Waals surface area (Å²) < 4.78 is 0. The van der Waals surface area contributed by atoms with Gasteiger partial charge in [0.25, 0.3) is 0 Å². The lowest BCUT2D eigenvalue weighted by atomic mass is 9.79. The summed E-state index contributed by atoms with van der Waals surface area (Å²) in [4.78, 5) is 17.0. The molecule has 0 N–H and O–H groups in total. The van der Waals surface area contributed by atoms with Crippen LogP contribution in [0.1, 0.15) is 30.5 Å². The molecule has 4 heteroatoms. The van der Waals surface area contributed by atoms with Crippen LogP contribution in [0.15, 0.2) is 115 Å². The minimum absolute atomic E-state index is 0.0941. The highest BCUT2D eigenvalue weighted by molar-refractivity contribution is 6.10. The van der Waals surface area contributed by atoms with Crippen LogP contribution in [-0.2, 0) is 5.41 Å². The Bertz CT molecular complexity index is 1920. The van der Waals surface area contributed by atoms with E-state index in [0.717, 1.165) is 16.8 Å². The van der Waals surface area contributed by atoms with E-state index in [-0.39, 0.29) is 5.41 Å². The van der Waals surface area contributed by atoms with Crippen molar-refractivity contribution in [2.24, 2.45) is 0 Å². The standard InChI is InChI=1S/C36H26N4/c1-36(2)29-18-10-9-16-26(29)28-22-25-20-21-40(30-19-11-17-27(31(25)30)32(28)36)35-38-33(23-12-5-3-6-13-23)37-34(39-35)24-14-7-4-8-15-24/h3-22H,1-2H3. The first-order chi connectivity index (χ1) is 19.6. The molecule has 5 aromatic carbocycles. The molecular formula is C36H26N4. The average Bonchev–Trinajstić information content (AvgIpc) is 3.24. The van der Waals surface area contributed by atoms with Gasteiger partial charge in [0, 0.05) is 28.1 Å². The Labute approximate surface area is 233 Å². The quantitative estimate of drug-likeness (QED) is 0.237. The average molecular weight is 515 g/mol. The molecule has 0 unspecified atom stereocenters. The molecule has 0 saturated carbocycles. The first kappa shape index (κ1) is 22.9. The zero-order valence-electron chi connectivity index (χ0n) is 22.3. The molecule has 0 saturated heterocycles. The van der Waals surface area contributed by atoms with E-state index in [9.17, 15) is 0 Å². The van der Waals surface area contributed by atoms with Crippen LogP contribution in [0, 0.1) is 0 Å². The smallest absolute Gasteiger partial charge is 0.238 e. The Balaban J connectivity index is 1.35. The fourth-order valence-electron chi connectivity index (χ4n) is 6.43. The molecule has 8 rings (SSSR count). The molecule has 6 aromatic rings. The third-order valence-corrected chi connectivity index (χ3v) is 8.25. The molecule has 0 amide bonds. The van der Waals surface area contributed by atoms with Gasteiger partial charge in [0.2, 0.25) is 5.95 Å². The van der Waals surface area contributed by atoms with Crippen LogP contribution in [0.5, 0.6) is 0 Å². The summed E-state index contributed by atoms with van der Waals surface area (Å²) in [5, 5.41) is 2.51. The molecule has 190 valence electrons. The van der Waals surface area contributed by atoms with Crippen molar-refractivity contribution in [3.05, 3.63) is 132 Å². The maximum absolute atomic E-state index is 5.00. The van der Waals surface area contributed by atoms with Gasteiger partial charge in [-0.05, 0) is 51.4 Å². The molecule has 0 spiro atoms. The van der Waals surface area contributed by atoms with E-state index < -0.39 is 0 Å². The van der Waals surface area contributed by atoms with Gasteiger partial charge in [-0.1, -0.05) is 111 Å². The van der Waals surface area contributed by atoms with Gasteiger partial charge in [-0.15, -0.1) is 0 Å². The van der Waals surface area contributed by atoms with E-state index in [2.05, 4.69) is 79.6 Å². The number of hydrogen-bond acceptors (Lipinski definition) is 4. The van der Waals surface area contributed by atoms with E-state index in [1.807, 2.05) is 60.7 Å². The fourth-order valence-corrected chi connectivity index (χ4v) is 6.43. The van der Waals surface area contributed by atoms with E-state index in [1.54, 1.807) is 0 Å². The second-order valence-corrected chi connectivity index (χ2v) is 11.0. The lowest BCUT2D eigenvalue weighted by Crippen LogP contribution is -2.18. The molecule has 0 bridgehead atoms. The zero-order chi connectivity index (χ0) is 26.8. The highest BCUT2D eigenvalue weighted by Crippen LogP contribution is 2.54. The number of fused-ring (bicyclic) bond motifs is 4. The lowest BCUT2D eigenvalue weighted by molar-refractivity contribution is 0.666. The van der Waals surface area contributed by atoms with Crippen molar-refractivity contribution < 1.29 is 0 Å². The van der Waals surface area contributed by atoms with Gasteiger partial charge in [0.1, 0.15) is 0 Å². The van der Waals surface area contributed by atoms with Gasteiger partial charge in [-0.3, -0.25) is 4.90 Å². The van der Waals surface area contributed by atoms with E-state index in [1.165, 1.54) is 38.6 Å². The number of benzene rings is 5. The monoisotopic (exact) mass is 514 g/mol. The largest absolute Gasteiger partial charge is 0.285 e. The molecule has 40 heavy (non-hydrogen) atoms. The van der Waals surface area contributed by atoms with Crippen LogP contribution < -0.4 is 4.90 Å². The summed E-state index contributed by atoms with van der Waals surface area (Å²) in [5.74, 6) is 1.91. The van der Waals surface area contributed by atoms with Crippen LogP contribution in [0.25, 0.3) is 50.8 Å². The van der Waals surface area contributed by atoms with Crippen LogP contribution in [0.4, 0.5) is 11.6 Å². The predicted octanol–water partition coefficient (Wildman–Crippen LogP) is 8.79. The van der Waals surface area contributed by atoms with E-state index in [0.29, 0.717) is 17.6 Å². The maximum Gasteiger partial charge on any atom is 0.238 e. The van der Waals surface area contributed by atoms with Gasteiger partial charge in [-0.25, -0.2) is 4.98 Å². The number of rotatable bonds is 3. The van der Waals surface area contributed by atoms with Crippen molar-refractivity contribution >= 4 is 28.5 Å². The van der Waals surface area contributed by atoms with Gasteiger partial charge in [0.05, 0.1) is 5.69 Å². The Morgan fingerprint density at radius 2 is 1.27 bits per heavy atom. The normalized spacial score (nSPS) is 14.3. The third-order valence-electron chi connectivity index (χ3n) is 8.25. The zero-order valence-corrected chi connectivity index (χ0v) is 22.3. The van der Waals surface area contributed by atoms with Gasteiger partial charge in [0.15, 0.2) is 11.6 Å². The van der Waals surface area contributed by atoms with Crippen LogP contribution >= 0.6 is 0 Å². The van der Waals surface area contributed by atoms with Crippen molar-refractivity contribution in [1.82, 2.24) is 15.0 Å². The van der Waals surface area contributed by atoms with Crippen LogP contribution in [-0.4, -0.2) is 15.0 Å². The Morgan fingerprint density at radius 3 is 1.98 bits per heavy atom. The van der Waals surface area contributed by atoms with Crippen molar-refractivity contribution in [2.45, 2.75) is 19.3 Å². The summed E-state index contributed by atoms with van der Waals surface area (Å²) in [6, 6.07) is 38.0. The minimum atomic E-state index is -0.0941. The fraction of sp³-hybridized carbons (Fsp3) is 0.0833. The molecule has 1 aliphatic carbocycles. The number of hydrogen-bond donors (Lipinski definition) is 0. The minimum Gasteiger partial charge on any atom is -0.285 e. The highest BCUT2D eigenvalue weighted by atomic mass is 15.3. The molecule has 0 radical (unpaired) electrons. The predicted molar refractivity (Wildman–Crippen MR) is 163 cm³/mol. The summed E-state index contributed by atoms with van der Waals surface area (Å²) >= 11 is 0. The van der Waals surface area contributed by atoms with E-state index in [4.69, 9.17) is 15.0 Å². The molecule has 2 heterocycles. The molecule has 1 aliphatic heterocycles. The summed E-state index contributed by atoms with van der Waals surface area (Å²) in [6.07, 6.45) is 4.28.